The van der Waals surface area contributed by atoms with Crippen molar-refractivity contribution >= 4 is 53.5 Å². The van der Waals surface area contributed by atoms with Crippen molar-refractivity contribution in [3.63, 3.8) is 0 Å². The molecule has 2 rings (SSSR count). The van der Waals surface area contributed by atoms with Gasteiger partial charge in [-0.05, 0) is 78.5 Å². The molecule has 0 aliphatic carbocycles. The van der Waals surface area contributed by atoms with Crippen LogP contribution in [0, 0.1) is 12.7 Å². The van der Waals surface area contributed by atoms with Crippen LogP contribution in [0.4, 0.5) is 10.1 Å². The maximum atomic E-state index is 13.5. The number of anilines is 1. The number of rotatable bonds is 3. The lowest BCUT2D eigenvalue weighted by molar-refractivity contribution is 0.621. The molecule has 1 N–H and O–H groups in total. The Labute approximate surface area is 136 Å². The highest BCUT2D eigenvalue weighted by Crippen LogP contribution is 2.25. The average Bonchev–Trinajstić information content (AvgIpc) is 2.34. The van der Waals surface area contributed by atoms with Crippen molar-refractivity contribution in [1.82, 2.24) is 4.98 Å². The summed E-state index contributed by atoms with van der Waals surface area (Å²) in [4.78, 5) is 4.30. The van der Waals surface area contributed by atoms with Crippen molar-refractivity contribution in [2.24, 2.45) is 0 Å². The minimum atomic E-state index is -0.282. The van der Waals surface area contributed by atoms with Gasteiger partial charge in [0.1, 0.15) is 5.82 Å². The molecule has 0 fully saturated rings. The Morgan fingerprint density at radius 3 is 2.58 bits per heavy atom. The standard InChI is InChI=1S/C13H10Br3FN2/c1-7-2-9(15)11(17)4-12(7)19-6-13-10(16)3-8(14)5-18-13/h2-5,19H,6H2,1H3. The lowest BCUT2D eigenvalue weighted by Crippen LogP contribution is -2.04. The van der Waals surface area contributed by atoms with Crippen LogP contribution in [-0.4, -0.2) is 4.98 Å². The molecule has 1 aromatic carbocycles. The zero-order chi connectivity index (χ0) is 14.0. The van der Waals surface area contributed by atoms with Gasteiger partial charge in [-0.1, -0.05) is 0 Å². The molecule has 0 atom stereocenters. The van der Waals surface area contributed by atoms with Crippen LogP contribution in [0.2, 0.25) is 0 Å². The summed E-state index contributed by atoms with van der Waals surface area (Å²) in [7, 11) is 0. The molecule has 0 radical (unpaired) electrons. The van der Waals surface area contributed by atoms with Gasteiger partial charge in [0, 0.05) is 20.8 Å². The van der Waals surface area contributed by atoms with Crippen molar-refractivity contribution < 1.29 is 4.39 Å². The quantitative estimate of drug-likeness (QED) is 0.671. The summed E-state index contributed by atoms with van der Waals surface area (Å²) in [5, 5.41) is 3.19. The molecule has 6 heteroatoms. The van der Waals surface area contributed by atoms with Gasteiger partial charge < -0.3 is 5.32 Å². The topological polar surface area (TPSA) is 24.9 Å². The number of nitrogens with zero attached hydrogens (tertiary/aromatic N) is 1. The van der Waals surface area contributed by atoms with Crippen molar-refractivity contribution in [3.05, 3.63) is 54.9 Å². The predicted octanol–water partition coefficient (Wildman–Crippen LogP) is 5.43. The summed E-state index contributed by atoms with van der Waals surface area (Å²) < 4.78 is 15.8. The molecule has 0 saturated heterocycles. The molecule has 2 aromatic rings. The summed E-state index contributed by atoms with van der Waals surface area (Å²) in [6, 6.07) is 5.16. The number of aryl methyl sites for hydroxylation is 1. The molecule has 1 heterocycles. The molecular formula is C13H10Br3FN2. The Morgan fingerprint density at radius 2 is 1.89 bits per heavy atom. The number of aromatic nitrogens is 1. The second-order valence-electron chi connectivity index (χ2n) is 4.02. The van der Waals surface area contributed by atoms with E-state index in [2.05, 4.69) is 58.1 Å². The monoisotopic (exact) mass is 450 g/mol. The lowest BCUT2D eigenvalue weighted by atomic mass is 10.2. The van der Waals surface area contributed by atoms with E-state index in [1.165, 1.54) is 6.07 Å². The SMILES string of the molecule is Cc1cc(Br)c(F)cc1NCc1ncc(Br)cc1Br. The third kappa shape index (κ3) is 3.77. The van der Waals surface area contributed by atoms with Gasteiger partial charge in [-0.15, -0.1) is 0 Å². The largest absolute Gasteiger partial charge is 0.379 e. The summed E-state index contributed by atoms with van der Waals surface area (Å²) >= 11 is 9.97. The maximum Gasteiger partial charge on any atom is 0.139 e. The van der Waals surface area contributed by atoms with Gasteiger partial charge in [0.25, 0.3) is 0 Å². The van der Waals surface area contributed by atoms with Crippen LogP contribution in [0.25, 0.3) is 0 Å². The maximum absolute atomic E-state index is 13.5. The number of hydrogen-bond donors (Lipinski definition) is 1. The summed E-state index contributed by atoms with van der Waals surface area (Å²) in [5.41, 5.74) is 2.60. The van der Waals surface area contributed by atoms with Gasteiger partial charge in [0.05, 0.1) is 16.7 Å². The van der Waals surface area contributed by atoms with E-state index >= 15 is 0 Å². The van der Waals surface area contributed by atoms with Crippen LogP contribution >= 0.6 is 47.8 Å². The fraction of sp³-hybridized carbons (Fsp3) is 0.154. The van der Waals surface area contributed by atoms with Crippen LogP contribution in [0.5, 0.6) is 0 Å². The van der Waals surface area contributed by atoms with E-state index in [4.69, 9.17) is 0 Å². The highest BCUT2D eigenvalue weighted by Gasteiger charge is 2.07. The predicted molar refractivity (Wildman–Crippen MR) is 85.8 cm³/mol. The van der Waals surface area contributed by atoms with E-state index in [0.717, 1.165) is 25.9 Å². The highest BCUT2D eigenvalue weighted by atomic mass is 79.9. The molecule has 0 bridgehead atoms. The molecule has 0 unspecified atom stereocenters. The molecule has 2 nitrogen and oxygen atoms in total. The van der Waals surface area contributed by atoms with Gasteiger partial charge >= 0.3 is 0 Å². The fourth-order valence-corrected chi connectivity index (χ4v) is 3.17. The molecule has 1 aromatic heterocycles. The number of hydrogen-bond acceptors (Lipinski definition) is 2. The molecule has 19 heavy (non-hydrogen) atoms. The molecule has 0 saturated carbocycles. The number of benzene rings is 1. The first kappa shape index (κ1) is 14.9. The van der Waals surface area contributed by atoms with Crippen LogP contribution in [-0.2, 0) is 6.54 Å². The first-order valence-corrected chi connectivity index (χ1v) is 7.84. The number of halogens is 4. The second-order valence-corrected chi connectivity index (χ2v) is 6.64. The van der Waals surface area contributed by atoms with E-state index in [1.807, 2.05) is 13.0 Å². The van der Waals surface area contributed by atoms with Crippen LogP contribution < -0.4 is 5.32 Å². The first-order valence-electron chi connectivity index (χ1n) is 5.47. The molecule has 0 aliphatic heterocycles. The Balaban J connectivity index is 2.16. The summed E-state index contributed by atoms with van der Waals surface area (Å²) in [5.74, 6) is -0.282. The minimum Gasteiger partial charge on any atom is -0.379 e. The number of pyridine rings is 1. The first-order chi connectivity index (χ1) is 8.97. The van der Waals surface area contributed by atoms with E-state index < -0.39 is 0 Å². The van der Waals surface area contributed by atoms with Crippen LogP contribution in [0.3, 0.4) is 0 Å². The van der Waals surface area contributed by atoms with Crippen molar-refractivity contribution in [2.75, 3.05) is 5.32 Å². The highest BCUT2D eigenvalue weighted by molar-refractivity contribution is 9.11. The normalized spacial score (nSPS) is 10.6. The van der Waals surface area contributed by atoms with E-state index in [0.29, 0.717) is 11.0 Å². The van der Waals surface area contributed by atoms with Gasteiger partial charge in [0.2, 0.25) is 0 Å². The minimum absolute atomic E-state index is 0.282. The van der Waals surface area contributed by atoms with Gasteiger partial charge in [-0.2, -0.15) is 0 Å². The van der Waals surface area contributed by atoms with Gasteiger partial charge in [0.15, 0.2) is 0 Å². The molecule has 0 aliphatic rings. The molecule has 100 valence electrons. The van der Waals surface area contributed by atoms with E-state index in [1.54, 1.807) is 12.3 Å². The Bertz CT molecular complexity index is 617. The van der Waals surface area contributed by atoms with Crippen molar-refractivity contribution in [2.45, 2.75) is 13.5 Å². The van der Waals surface area contributed by atoms with Crippen molar-refractivity contribution in [1.29, 1.82) is 0 Å². The zero-order valence-corrected chi connectivity index (χ0v) is 14.7. The Hall–Kier alpha value is -0.460. The lowest BCUT2D eigenvalue weighted by Gasteiger charge is -2.11. The van der Waals surface area contributed by atoms with Gasteiger partial charge in [-0.3, -0.25) is 4.98 Å². The summed E-state index contributed by atoms with van der Waals surface area (Å²) in [6.45, 7) is 2.45. The molecule has 0 amide bonds. The number of nitrogens with one attached hydrogen (secondary N) is 1. The van der Waals surface area contributed by atoms with Crippen LogP contribution in [0.15, 0.2) is 37.8 Å². The smallest absolute Gasteiger partial charge is 0.139 e. The summed E-state index contributed by atoms with van der Waals surface area (Å²) in [6.07, 6.45) is 1.73. The second kappa shape index (κ2) is 6.33. The fourth-order valence-electron chi connectivity index (χ4n) is 1.59. The van der Waals surface area contributed by atoms with E-state index in [9.17, 15) is 4.39 Å². The average molecular weight is 453 g/mol. The van der Waals surface area contributed by atoms with Crippen molar-refractivity contribution in [3.8, 4) is 0 Å². The third-order valence-corrected chi connectivity index (χ3v) is 4.33. The zero-order valence-electron chi connectivity index (χ0n) is 9.98. The molecule has 0 spiro atoms. The van der Waals surface area contributed by atoms with E-state index in [-0.39, 0.29) is 5.82 Å². The molecular weight excluding hydrogens is 443 g/mol. The Morgan fingerprint density at radius 1 is 1.16 bits per heavy atom. The van der Waals surface area contributed by atoms with Crippen LogP contribution in [0.1, 0.15) is 11.3 Å². The van der Waals surface area contributed by atoms with Gasteiger partial charge in [-0.25, -0.2) is 4.39 Å². The Kier molecular flexibility index (Phi) is 4.97. The third-order valence-electron chi connectivity index (χ3n) is 2.60.